The minimum Gasteiger partial charge on any atom is -0.325 e. The number of hydrogen-bond donors (Lipinski definition) is 1. The minimum absolute atomic E-state index is 0.0145. The number of carbonyl (C=O) groups is 1. The van der Waals surface area contributed by atoms with Crippen molar-refractivity contribution in [1.82, 2.24) is 9.21 Å². The summed E-state index contributed by atoms with van der Waals surface area (Å²) in [4.78, 5) is 14.7. The summed E-state index contributed by atoms with van der Waals surface area (Å²) in [6, 6.07) is 4.25. The van der Waals surface area contributed by atoms with Crippen LogP contribution in [0.1, 0.15) is 32.6 Å². The standard InChI is InChI=1S/C17H26ClN3O3S/c1-13(21-10-6-4-5-7-11-21)17(22)19-14-8-9-15(18)16(12-14)25(23,24)20(2)3/h8-9,12-13H,4-7,10-11H2,1-3H3,(H,19,22)/t13-/m1/s1. The number of halogens is 1. The van der Waals surface area contributed by atoms with Gasteiger partial charge in [0.15, 0.2) is 0 Å². The third kappa shape index (κ3) is 4.94. The topological polar surface area (TPSA) is 69.7 Å². The Bertz CT molecular complexity index is 714. The number of sulfonamides is 1. The van der Waals surface area contributed by atoms with Crippen molar-refractivity contribution in [3.05, 3.63) is 23.2 Å². The van der Waals surface area contributed by atoms with E-state index in [-0.39, 0.29) is 21.9 Å². The number of nitrogens with one attached hydrogen (secondary N) is 1. The third-order valence-electron chi connectivity index (χ3n) is 4.53. The summed E-state index contributed by atoms with van der Waals surface area (Å²) >= 11 is 6.04. The number of hydrogen-bond acceptors (Lipinski definition) is 4. The van der Waals surface area contributed by atoms with E-state index in [9.17, 15) is 13.2 Å². The van der Waals surface area contributed by atoms with Crippen LogP contribution in [0.2, 0.25) is 5.02 Å². The fourth-order valence-corrected chi connectivity index (χ4v) is 4.26. The van der Waals surface area contributed by atoms with E-state index in [0.29, 0.717) is 5.69 Å². The average molecular weight is 388 g/mol. The molecule has 1 aliphatic heterocycles. The van der Waals surface area contributed by atoms with Gasteiger partial charge in [0.25, 0.3) is 0 Å². The van der Waals surface area contributed by atoms with Gasteiger partial charge in [-0.05, 0) is 51.1 Å². The third-order valence-corrected chi connectivity index (χ3v) is 6.82. The van der Waals surface area contributed by atoms with Crippen LogP contribution >= 0.6 is 11.6 Å². The summed E-state index contributed by atoms with van der Waals surface area (Å²) in [5.41, 5.74) is 0.427. The number of amides is 1. The maximum Gasteiger partial charge on any atom is 0.244 e. The van der Waals surface area contributed by atoms with Gasteiger partial charge in [0, 0.05) is 19.8 Å². The van der Waals surface area contributed by atoms with E-state index in [1.54, 1.807) is 6.07 Å². The number of nitrogens with zero attached hydrogens (tertiary/aromatic N) is 2. The van der Waals surface area contributed by atoms with Crippen molar-refractivity contribution in [2.45, 2.75) is 43.5 Å². The Balaban J connectivity index is 2.15. The van der Waals surface area contributed by atoms with Crippen LogP contribution in [-0.4, -0.2) is 56.8 Å². The van der Waals surface area contributed by atoms with E-state index in [1.807, 2.05) is 6.92 Å². The molecule has 1 aromatic rings. The lowest BCUT2D eigenvalue weighted by molar-refractivity contribution is -0.120. The Kier molecular flexibility index (Phi) is 6.85. The van der Waals surface area contributed by atoms with Crippen molar-refractivity contribution in [2.75, 3.05) is 32.5 Å². The molecule has 0 bridgehead atoms. The lowest BCUT2D eigenvalue weighted by Crippen LogP contribution is -2.42. The summed E-state index contributed by atoms with van der Waals surface area (Å²) in [6.07, 6.45) is 4.61. The van der Waals surface area contributed by atoms with E-state index in [2.05, 4.69) is 10.2 Å². The normalized spacial score (nSPS) is 18.0. The number of carbonyl (C=O) groups excluding carboxylic acids is 1. The molecule has 25 heavy (non-hydrogen) atoms. The first kappa shape index (κ1) is 20.2. The van der Waals surface area contributed by atoms with Gasteiger partial charge in [-0.25, -0.2) is 12.7 Å². The van der Waals surface area contributed by atoms with Crippen LogP contribution in [0.4, 0.5) is 5.69 Å². The molecule has 140 valence electrons. The van der Waals surface area contributed by atoms with Crippen molar-refractivity contribution in [2.24, 2.45) is 0 Å². The van der Waals surface area contributed by atoms with Crippen molar-refractivity contribution in [3.8, 4) is 0 Å². The SMILES string of the molecule is C[C@H](C(=O)Nc1ccc(Cl)c(S(=O)(=O)N(C)C)c1)N1CCCCCC1. The molecule has 1 amide bonds. The molecule has 0 unspecified atom stereocenters. The number of benzene rings is 1. The maximum atomic E-state index is 12.6. The van der Waals surface area contributed by atoms with Gasteiger partial charge in [-0.3, -0.25) is 9.69 Å². The molecule has 0 saturated carbocycles. The zero-order chi connectivity index (χ0) is 18.6. The summed E-state index contributed by atoms with van der Waals surface area (Å²) < 4.78 is 25.8. The lowest BCUT2D eigenvalue weighted by atomic mass is 10.2. The van der Waals surface area contributed by atoms with Crippen LogP contribution in [0.5, 0.6) is 0 Å². The smallest absolute Gasteiger partial charge is 0.244 e. The largest absolute Gasteiger partial charge is 0.325 e. The van der Waals surface area contributed by atoms with Crippen LogP contribution in [0, 0.1) is 0 Å². The molecule has 1 heterocycles. The highest BCUT2D eigenvalue weighted by atomic mass is 35.5. The molecule has 1 aliphatic rings. The van der Waals surface area contributed by atoms with Gasteiger partial charge in [-0.15, -0.1) is 0 Å². The van der Waals surface area contributed by atoms with Crippen molar-refractivity contribution in [1.29, 1.82) is 0 Å². The second-order valence-corrected chi connectivity index (χ2v) is 9.08. The summed E-state index contributed by atoms with van der Waals surface area (Å²) in [5, 5.41) is 2.95. The molecule has 0 aliphatic carbocycles. The first-order valence-electron chi connectivity index (χ1n) is 8.50. The molecule has 1 saturated heterocycles. The first-order chi connectivity index (χ1) is 11.7. The van der Waals surface area contributed by atoms with Crippen molar-refractivity contribution in [3.63, 3.8) is 0 Å². The van der Waals surface area contributed by atoms with Crippen molar-refractivity contribution >= 4 is 33.2 Å². The predicted octanol–water partition coefficient (Wildman–Crippen LogP) is 2.79. The number of rotatable bonds is 5. The van der Waals surface area contributed by atoms with E-state index in [1.165, 1.54) is 39.1 Å². The molecule has 8 heteroatoms. The maximum absolute atomic E-state index is 12.6. The fraction of sp³-hybridized carbons (Fsp3) is 0.588. The highest BCUT2D eigenvalue weighted by Crippen LogP contribution is 2.27. The molecule has 6 nitrogen and oxygen atoms in total. The molecule has 1 N–H and O–H groups in total. The molecular weight excluding hydrogens is 362 g/mol. The fourth-order valence-electron chi connectivity index (χ4n) is 2.87. The quantitative estimate of drug-likeness (QED) is 0.843. The minimum atomic E-state index is -3.67. The van der Waals surface area contributed by atoms with E-state index in [4.69, 9.17) is 11.6 Å². The van der Waals surface area contributed by atoms with Gasteiger partial charge in [0.1, 0.15) is 4.90 Å². The second kappa shape index (κ2) is 8.49. The van der Waals surface area contributed by atoms with Gasteiger partial charge in [-0.1, -0.05) is 24.4 Å². The highest BCUT2D eigenvalue weighted by Gasteiger charge is 2.24. The molecule has 1 atom stereocenters. The molecule has 0 spiro atoms. The summed E-state index contributed by atoms with van der Waals surface area (Å²) in [7, 11) is -0.786. The number of anilines is 1. The Morgan fingerprint density at radius 3 is 2.36 bits per heavy atom. The van der Waals surface area contributed by atoms with Gasteiger partial charge in [0.2, 0.25) is 15.9 Å². The van der Waals surface area contributed by atoms with Crippen LogP contribution < -0.4 is 5.32 Å². The van der Waals surface area contributed by atoms with Crippen LogP contribution in [-0.2, 0) is 14.8 Å². The Morgan fingerprint density at radius 2 is 1.80 bits per heavy atom. The summed E-state index contributed by atoms with van der Waals surface area (Å²) in [5.74, 6) is -0.141. The molecule has 0 radical (unpaired) electrons. The summed E-state index contributed by atoms with van der Waals surface area (Å²) in [6.45, 7) is 3.71. The van der Waals surface area contributed by atoms with Crippen LogP contribution in [0.25, 0.3) is 0 Å². The van der Waals surface area contributed by atoms with Gasteiger partial charge >= 0.3 is 0 Å². The first-order valence-corrected chi connectivity index (χ1v) is 10.3. The molecule has 1 fully saturated rings. The number of likely N-dealkylation sites (tertiary alicyclic amines) is 1. The van der Waals surface area contributed by atoms with Crippen LogP contribution in [0.3, 0.4) is 0 Å². The van der Waals surface area contributed by atoms with Gasteiger partial charge in [0.05, 0.1) is 11.1 Å². The van der Waals surface area contributed by atoms with E-state index >= 15 is 0 Å². The monoisotopic (exact) mass is 387 g/mol. The zero-order valence-electron chi connectivity index (χ0n) is 15.0. The van der Waals surface area contributed by atoms with Crippen LogP contribution in [0.15, 0.2) is 23.1 Å². The average Bonchev–Trinajstić information content (AvgIpc) is 2.84. The molecule has 0 aromatic heterocycles. The lowest BCUT2D eigenvalue weighted by Gasteiger charge is -2.26. The van der Waals surface area contributed by atoms with E-state index in [0.717, 1.165) is 30.2 Å². The van der Waals surface area contributed by atoms with E-state index < -0.39 is 10.0 Å². The molecule has 2 rings (SSSR count). The second-order valence-electron chi connectivity index (χ2n) is 6.55. The Hall–Kier alpha value is -1.15. The van der Waals surface area contributed by atoms with Gasteiger partial charge in [-0.2, -0.15) is 0 Å². The van der Waals surface area contributed by atoms with Crippen molar-refractivity contribution < 1.29 is 13.2 Å². The predicted molar refractivity (Wildman–Crippen MR) is 100 cm³/mol. The Labute approximate surface area is 155 Å². The Morgan fingerprint density at radius 1 is 1.20 bits per heavy atom. The molecular formula is C17H26ClN3O3S. The molecule has 1 aromatic carbocycles. The zero-order valence-corrected chi connectivity index (χ0v) is 16.5. The van der Waals surface area contributed by atoms with Gasteiger partial charge < -0.3 is 5.32 Å². The highest BCUT2D eigenvalue weighted by molar-refractivity contribution is 7.89.